The zero-order valence-electron chi connectivity index (χ0n) is 7.47. The third-order valence-corrected chi connectivity index (χ3v) is 2.18. The van der Waals surface area contributed by atoms with Gasteiger partial charge in [0, 0.05) is 13.1 Å². The van der Waals surface area contributed by atoms with Crippen molar-refractivity contribution in [2.75, 3.05) is 13.1 Å². The molecule has 1 saturated heterocycles. The van der Waals surface area contributed by atoms with Gasteiger partial charge in [-0.2, -0.15) is 10.2 Å². The summed E-state index contributed by atoms with van der Waals surface area (Å²) in [6.45, 7) is 3.86. The van der Waals surface area contributed by atoms with E-state index in [1.165, 1.54) is 12.4 Å². The zero-order chi connectivity index (χ0) is 9.26. The molecule has 0 atom stereocenters. The maximum absolute atomic E-state index is 11.6. The summed E-state index contributed by atoms with van der Waals surface area (Å²) in [4.78, 5) is 13.5. The molecular formula is C9H11N3O. The van der Waals surface area contributed by atoms with E-state index in [2.05, 4.69) is 17.1 Å². The van der Waals surface area contributed by atoms with Crippen LogP contribution in [0.2, 0.25) is 0 Å². The number of amides is 1. The minimum atomic E-state index is 0.0630. The van der Waals surface area contributed by atoms with Crippen LogP contribution in [0.25, 0.3) is 0 Å². The molecule has 1 aliphatic rings. The SMILES string of the molecule is CC1CN(C(=O)c2ccnnc2)C1. The molecule has 0 saturated carbocycles. The lowest BCUT2D eigenvalue weighted by molar-refractivity contribution is 0.0529. The fraction of sp³-hybridized carbons (Fsp3) is 0.444. The van der Waals surface area contributed by atoms with Crippen molar-refractivity contribution < 1.29 is 4.79 Å². The zero-order valence-corrected chi connectivity index (χ0v) is 7.47. The van der Waals surface area contributed by atoms with Crippen molar-refractivity contribution in [1.29, 1.82) is 0 Å². The molecule has 13 heavy (non-hydrogen) atoms. The van der Waals surface area contributed by atoms with Gasteiger partial charge in [-0.1, -0.05) is 6.92 Å². The van der Waals surface area contributed by atoms with Gasteiger partial charge in [-0.15, -0.1) is 0 Å². The second kappa shape index (κ2) is 3.12. The monoisotopic (exact) mass is 177 g/mol. The van der Waals surface area contributed by atoms with Gasteiger partial charge in [-0.05, 0) is 12.0 Å². The molecule has 0 N–H and O–H groups in total. The summed E-state index contributed by atoms with van der Waals surface area (Å²) < 4.78 is 0. The van der Waals surface area contributed by atoms with E-state index in [-0.39, 0.29) is 5.91 Å². The van der Waals surface area contributed by atoms with E-state index in [1.807, 2.05) is 4.90 Å². The highest BCUT2D eigenvalue weighted by molar-refractivity contribution is 5.94. The van der Waals surface area contributed by atoms with Crippen LogP contribution in [0.1, 0.15) is 17.3 Å². The predicted octanol–water partition coefficient (Wildman–Crippen LogP) is 0.568. The van der Waals surface area contributed by atoms with Gasteiger partial charge < -0.3 is 4.90 Å². The molecule has 0 bridgehead atoms. The highest BCUT2D eigenvalue weighted by atomic mass is 16.2. The largest absolute Gasteiger partial charge is 0.338 e. The molecule has 1 aromatic rings. The number of hydrogen-bond acceptors (Lipinski definition) is 3. The van der Waals surface area contributed by atoms with Crippen molar-refractivity contribution in [1.82, 2.24) is 15.1 Å². The fourth-order valence-electron chi connectivity index (χ4n) is 1.46. The van der Waals surface area contributed by atoms with Crippen LogP contribution < -0.4 is 0 Å². The topological polar surface area (TPSA) is 46.1 Å². The molecule has 68 valence electrons. The Labute approximate surface area is 76.6 Å². The van der Waals surface area contributed by atoms with Crippen molar-refractivity contribution >= 4 is 5.91 Å². The Balaban J connectivity index is 2.06. The number of carbonyl (C=O) groups is 1. The molecule has 4 nitrogen and oxygen atoms in total. The highest BCUT2D eigenvalue weighted by Crippen LogP contribution is 2.16. The summed E-state index contributed by atoms with van der Waals surface area (Å²) in [6.07, 6.45) is 3.04. The maximum atomic E-state index is 11.6. The van der Waals surface area contributed by atoms with Crippen LogP contribution >= 0.6 is 0 Å². The van der Waals surface area contributed by atoms with Gasteiger partial charge in [0.1, 0.15) is 0 Å². The summed E-state index contributed by atoms with van der Waals surface area (Å²) in [5.74, 6) is 0.701. The normalized spacial score (nSPS) is 16.8. The van der Waals surface area contributed by atoms with Gasteiger partial charge in [0.05, 0.1) is 18.0 Å². The first-order chi connectivity index (χ1) is 6.27. The van der Waals surface area contributed by atoms with Crippen LogP contribution in [-0.4, -0.2) is 34.1 Å². The lowest BCUT2D eigenvalue weighted by Crippen LogP contribution is -2.48. The smallest absolute Gasteiger partial charge is 0.255 e. The molecule has 1 fully saturated rings. The van der Waals surface area contributed by atoms with Crippen molar-refractivity contribution in [2.24, 2.45) is 5.92 Å². The Bertz CT molecular complexity index is 306. The Morgan fingerprint density at radius 3 is 2.85 bits per heavy atom. The van der Waals surface area contributed by atoms with Gasteiger partial charge in [0.25, 0.3) is 5.91 Å². The van der Waals surface area contributed by atoms with Gasteiger partial charge in [-0.25, -0.2) is 0 Å². The molecule has 1 aliphatic heterocycles. The average Bonchev–Trinajstić information content (AvgIpc) is 2.13. The quantitative estimate of drug-likeness (QED) is 0.630. The number of aromatic nitrogens is 2. The first kappa shape index (κ1) is 8.16. The predicted molar refractivity (Wildman–Crippen MR) is 47.1 cm³/mol. The van der Waals surface area contributed by atoms with Crippen LogP contribution in [0.15, 0.2) is 18.5 Å². The number of likely N-dealkylation sites (tertiary alicyclic amines) is 1. The molecule has 0 aliphatic carbocycles. The molecule has 0 radical (unpaired) electrons. The summed E-state index contributed by atoms with van der Waals surface area (Å²) in [6, 6.07) is 1.69. The minimum Gasteiger partial charge on any atom is -0.338 e. The van der Waals surface area contributed by atoms with Crippen molar-refractivity contribution in [3.63, 3.8) is 0 Å². The third kappa shape index (κ3) is 1.52. The van der Waals surface area contributed by atoms with Gasteiger partial charge >= 0.3 is 0 Å². The average molecular weight is 177 g/mol. The van der Waals surface area contributed by atoms with Crippen molar-refractivity contribution in [2.45, 2.75) is 6.92 Å². The number of rotatable bonds is 1. The second-order valence-corrected chi connectivity index (χ2v) is 3.45. The number of hydrogen-bond donors (Lipinski definition) is 0. The first-order valence-corrected chi connectivity index (χ1v) is 4.33. The fourth-order valence-corrected chi connectivity index (χ4v) is 1.46. The third-order valence-electron chi connectivity index (χ3n) is 2.18. The van der Waals surface area contributed by atoms with Crippen LogP contribution in [0.4, 0.5) is 0 Å². The summed E-state index contributed by atoms with van der Waals surface area (Å²) in [5.41, 5.74) is 0.627. The molecule has 1 amide bonds. The number of carbonyl (C=O) groups excluding carboxylic acids is 1. The molecule has 0 unspecified atom stereocenters. The van der Waals surface area contributed by atoms with E-state index in [4.69, 9.17) is 0 Å². The minimum absolute atomic E-state index is 0.0630. The highest BCUT2D eigenvalue weighted by Gasteiger charge is 2.27. The van der Waals surface area contributed by atoms with E-state index in [0.717, 1.165) is 13.1 Å². The second-order valence-electron chi connectivity index (χ2n) is 3.45. The van der Waals surface area contributed by atoms with E-state index >= 15 is 0 Å². The lowest BCUT2D eigenvalue weighted by atomic mass is 10.0. The first-order valence-electron chi connectivity index (χ1n) is 4.33. The molecule has 4 heteroatoms. The Morgan fingerprint density at radius 1 is 1.54 bits per heavy atom. The lowest BCUT2D eigenvalue weighted by Gasteiger charge is -2.37. The Hall–Kier alpha value is -1.45. The van der Waals surface area contributed by atoms with Crippen molar-refractivity contribution in [3.8, 4) is 0 Å². The molecule has 2 rings (SSSR count). The summed E-state index contributed by atoms with van der Waals surface area (Å²) >= 11 is 0. The van der Waals surface area contributed by atoms with Gasteiger partial charge in [-0.3, -0.25) is 4.79 Å². The molecular weight excluding hydrogens is 166 g/mol. The summed E-state index contributed by atoms with van der Waals surface area (Å²) in [7, 11) is 0. The Morgan fingerprint density at radius 2 is 2.31 bits per heavy atom. The molecule has 2 heterocycles. The maximum Gasteiger partial charge on any atom is 0.255 e. The molecule has 1 aromatic heterocycles. The van der Waals surface area contributed by atoms with Crippen LogP contribution in [0.5, 0.6) is 0 Å². The van der Waals surface area contributed by atoms with E-state index in [1.54, 1.807) is 6.07 Å². The van der Waals surface area contributed by atoms with Crippen molar-refractivity contribution in [3.05, 3.63) is 24.0 Å². The summed E-state index contributed by atoms with van der Waals surface area (Å²) in [5, 5.41) is 7.29. The van der Waals surface area contributed by atoms with Crippen LogP contribution in [0.3, 0.4) is 0 Å². The molecule has 0 spiro atoms. The van der Waals surface area contributed by atoms with Gasteiger partial charge in [0.2, 0.25) is 0 Å². The number of nitrogens with zero attached hydrogens (tertiary/aromatic N) is 3. The standard InChI is InChI=1S/C9H11N3O/c1-7-5-12(6-7)9(13)8-2-3-10-11-4-8/h2-4,7H,5-6H2,1H3. The van der Waals surface area contributed by atoms with E-state index < -0.39 is 0 Å². The van der Waals surface area contributed by atoms with Gasteiger partial charge in [0.15, 0.2) is 0 Å². The van der Waals surface area contributed by atoms with E-state index in [9.17, 15) is 4.79 Å². The van der Waals surface area contributed by atoms with E-state index in [0.29, 0.717) is 11.5 Å². The Kier molecular flexibility index (Phi) is 1.96. The molecule has 0 aromatic carbocycles. The van der Waals surface area contributed by atoms with Crippen LogP contribution in [0, 0.1) is 5.92 Å². The van der Waals surface area contributed by atoms with Crippen LogP contribution in [-0.2, 0) is 0 Å².